The first-order chi connectivity index (χ1) is 11.4. The quantitative estimate of drug-likeness (QED) is 0.858. The van der Waals surface area contributed by atoms with Gasteiger partial charge in [0.15, 0.2) is 11.5 Å². The summed E-state index contributed by atoms with van der Waals surface area (Å²) in [6.07, 6.45) is -3.73. The predicted molar refractivity (Wildman–Crippen MR) is 86.5 cm³/mol. The molecule has 0 fully saturated rings. The van der Waals surface area contributed by atoms with E-state index in [1.807, 2.05) is 12.1 Å². The van der Waals surface area contributed by atoms with E-state index < -0.39 is 11.7 Å². The van der Waals surface area contributed by atoms with Crippen molar-refractivity contribution in [1.29, 1.82) is 0 Å². The molecular weight excluding hydrogens is 319 g/mol. The molecule has 0 saturated heterocycles. The Labute approximate surface area is 139 Å². The second kappa shape index (κ2) is 7.57. The van der Waals surface area contributed by atoms with E-state index in [-0.39, 0.29) is 5.92 Å². The van der Waals surface area contributed by atoms with E-state index in [1.54, 1.807) is 13.2 Å². The van der Waals surface area contributed by atoms with Gasteiger partial charge in [-0.3, -0.25) is 0 Å². The third-order valence-corrected chi connectivity index (χ3v) is 3.91. The van der Waals surface area contributed by atoms with Crippen LogP contribution in [0.15, 0.2) is 42.5 Å². The summed E-state index contributed by atoms with van der Waals surface area (Å²) in [5.74, 6) is 1.06. The van der Waals surface area contributed by atoms with Crippen molar-refractivity contribution in [3.8, 4) is 11.5 Å². The fraction of sp³-hybridized carbons (Fsp3) is 0.333. The molecule has 0 heterocycles. The summed E-state index contributed by atoms with van der Waals surface area (Å²) in [5, 5.41) is 0. The van der Waals surface area contributed by atoms with Crippen molar-refractivity contribution in [3.63, 3.8) is 0 Å². The van der Waals surface area contributed by atoms with Crippen molar-refractivity contribution in [3.05, 3.63) is 59.2 Å². The zero-order valence-corrected chi connectivity index (χ0v) is 13.6. The van der Waals surface area contributed by atoms with Gasteiger partial charge >= 0.3 is 6.18 Å². The molecule has 0 amide bonds. The number of ether oxygens (including phenoxy) is 2. The normalized spacial score (nSPS) is 12.8. The number of hydrogen-bond donors (Lipinski definition) is 1. The summed E-state index contributed by atoms with van der Waals surface area (Å²) < 4.78 is 48.7. The lowest BCUT2D eigenvalue weighted by atomic mass is 9.88. The highest BCUT2D eigenvalue weighted by atomic mass is 19.4. The SMILES string of the molecule is COc1ccc(C(CCN)c2ccc(C(F)(F)F)cc2)cc1OC. The van der Waals surface area contributed by atoms with Gasteiger partial charge in [0.25, 0.3) is 0 Å². The van der Waals surface area contributed by atoms with Crippen LogP contribution in [-0.4, -0.2) is 20.8 Å². The molecule has 0 aromatic heterocycles. The number of alkyl halides is 3. The number of nitrogens with two attached hydrogens (primary N) is 1. The Morgan fingerprint density at radius 1 is 0.917 bits per heavy atom. The smallest absolute Gasteiger partial charge is 0.416 e. The highest BCUT2D eigenvalue weighted by Gasteiger charge is 2.30. The lowest BCUT2D eigenvalue weighted by Crippen LogP contribution is -2.10. The number of halogens is 3. The van der Waals surface area contributed by atoms with Gasteiger partial charge in [-0.05, 0) is 48.4 Å². The molecule has 6 heteroatoms. The lowest BCUT2D eigenvalue weighted by Gasteiger charge is -2.19. The van der Waals surface area contributed by atoms with E-state index in [0.717, 1.165) is 23.3 Å². The van der Waals surface area contributed by atoms with Gasteiger partial charge in [-0.2, -0.15) is 13.2 Å². The topological polar surface area (TPSA) is 44.5 Å². The standard InChI is InChI=1S/C18H20F3NO2/c1-23-16-8-5-13(11-17(16)24-2)15(9-10-22)12-3-6-14(7-4-12)18(19,20)21/h3-8,11,15H,9-10,22H2,1-2H3. The minimum atomic E-state index is -4.34. The minimum absolute atomic E-state index is 0.114. The number of rotatable bonds is 6. The number of methoxy groups -OCH3 is 2. The maximum absolute atomic E-state index is 12.7. The molecule has 1 unspecified atom stereocenters. The second-order valence-corrected chi connectivity index (χ2v) is 5.36. The third-order valence-electron chi connectivity index (χ3n) is 3.91. The summed E-state index contributed by atoms with van der Waals surface area (Å²) in [5.41, 5.74) is 6.73. The molecule has 0 saturated carbocycles. The molecule has 24 heavy (non-hydrogen) atoms. The van der Waals surface area contributed by atoms with Gasteiger partial charge in [0.2, 0.25) is 0 Å². The Hall–Kier alpha value is -2.21. The molecule has 0 aliphatic heterocycles. The maximum Gasteiger partial charge on any atom is 0.416 e. The molecule has 2 aromatic carbocycles. The molecule has 2 N–H and O–H groups in total. The van der Waals surface area contributed by atoms with E-state index in [1.165, 1.54) is 19.2 Å². The van der Waals surface area contributed by atoms with Crippen molar-refractivity contribution in [2.45, 2.75) is 18.5 Å². The lowest BCUT2D eigenvalue weighted by molar-refractivity contribution is -0.137. The summed E-state index contributed by atoms with van der Waals surface area (Å²) in [6.45, 7) is 0.417. The highest BCUT2D eigenvalue weighted by molar-refractivity contribution is 5.46. The van der Waals surface area contributed by atoms with Crippen LogP contribution in [0, 0.1) is 0 Å². The molecule has 0 spiro atoms. The van der Waals surface area contributed by atoms with Crippen LogP contribution in [0.1, 0.15) is 29.0 Å². The first kappa shape index (κ1) is 18.1. The summed E-state index contributed by atoms with van der Waals surface area (Å²) in [4.78, 5) is 0. The Bertz CT molecular complexity index is 669. The monoisotopic (exact) mass is 339 g/mol. The molecule has 1 atom stereocenters. The molecular formula is C18H20F3NO2. The van der Waals surface area contributed by atoms with Gasteiger partial charge < -0.3 is 15.2 Å². The van der Waals surface area contributed by atoms with Crippen molar-refractivity contribution in [1.82, 2.24) is 0 Å². The first-order valence-electron chi connectivity index (χ1n) is 7.49. The maximum atomic E-state index is 12.7. The van der Waals surface area contributed by atoms with Crippen molar-refractivity contribution >= 4 is 0 Å². The number of benzene rings is 2. The Morgan fingerprint density at radius 3 is 2.00 bits per heavy atom. The van der Waals surface area contributed by atoms with Crippen molar-refractivity contribution in [2.75, 3.05) is 20.8 Å². The van der Waals surface area contributed by atoms with E-state index in [0.29, 0.717) is 24.5 Å². The molecule has 0 bridgehead atoms. The van der Waals surface area contributed by atoms with E-state index >= 15 is 0 Å². The van der Waals surface area contributed by atoms with E-state index in [9.17, 15) is 13.2 Å². The fourth-order valence-electron chi connectivity index (χ4n) is 2.67. The van der Waals surface area contributed by atoms with Crippen molar-refractivity contribution < 1.29 is 22.6 Å². The van der Waals surface area contributed by atoms with Crippen LogP contribution >= 0.6 is 0 Å². The minimum Gasteiger partial charge on any atom is -0.493 e. The van der Waals surface area contributed by atoms with E-state index in [2.05, 4.69) is 0 Å². The molecule has 130 valence electrons. The van der Waals surface area contributed by atoms with Crippen LogP contribution in [0.5, 0.6) is 11.5 Å². The Balaban J connectivity index is 2.39. The van der Waals surface area contributed by atoms with Gasteiger partial charge in [0, 0.05) is 5.92 Å². The van der Waals surface area contributed by atoms with Crippen LogP contribution < -0.4 is 15.2 Å². The van der Waals surface area contributed by atoms with Crippen LogP contribution in [-0.2, 0) is 6.18 Å². The predicted octanol–water partition coefficient (Wildman–Crippen LogP) is 4.20. The summed E-state index contributed by atoms with van der Waals surface area (Å²) in [6, 6.07) is 10.7. The molecule has 0 radical (unpaired) electrons. The fourth-order valence-corrected chi connectivity index (χ4v) is 2.67. The average Bonchev–Trinajstić information content (AvgIpc) is 2.58. The van der Waals surface area contributed by atoms with Crippen LogP contribution in [0.4, 0.5) is 13.2 Å². The third kappa shape index (κ3) is 4.00. The molecule has 3 nitrogen and oxygen atoms in total. The Kier molecular flexibility index (Phi) is 5.72. The first-order valence-corrected chi connectivity index (χ1v) is 7.49. The second-order valence-electron chi connectivity index (χ2n) is 5.36. The average molecular weight is 339 g/mol. The van der Waals surface area contributed by atoms with Crippen LogP contribution in [0.3, 0.4) is 0 Å². The molecule has 2 rings (SSSR count). The van der Waals surface area contributed by atoms with E-state index in [4.69, 9.17) is 15.2 Å². The summed E-state index contributed by atoms with van der Waals surface area (Å²) >= 11 is 0. The highest BCUT2D eigenvalue weighted by Crippen LogP contribution is 2.36. The van der Waals surface area contributed by atoms with Crippen molar-refractivity contribution in [2.24, 2.45) is 5.73 Å². The Morgan fingerprint density at radius 2 is 1.50 bits per heavy atom. The molecule has 0 aliphatic rings. The zero-order valence-electron chi connectivity index (χ0n) is 13.6. The molecule has 2 aromatic rings. The largest absolute Gasteiger partial charge is 0.493 e. The van der Waals surface area contributed by atoms with Gasteiger partial charge in [0.05, 0.1) is 19.8 Å². The number of hydrogen-bond acceptors (Lipinski definition) is 3. The van der Waals surface area contributed by atoms with Gasteiger partial charge in [-0.15, -0.1) is 0 Å². The van der Waals surface area contributed by atoms with Gasteiger partial charge in [-0.1, -0.05) is 18.2 Å². The zero-order chi connectivity index (χ0) is 17.7. The van der Waals surface area contributed by atoms with Crippen LogP contribution in [0.2, 0.25) is 0 Å². The summed E-state index contributed by atoms with van der Waals surface area (Å²) in [7, 11) is 3.09. The van der Waals surface area contributed by atoms with Gasteiger partial charge in [0.1, 0.15) is 0 Å². The van der Waals surface area contributed by atoms with Gasteiger partial charge in [-0.25, -0.2) is 0 Å². The van der Waals surface area contributed by atoms with Crippen LogP contribution in [0.25, 0.3) is 0 Å². The molecule has 0 aliphatic carbocycles.